The lowest BCUT2D eigenvalue weighted by molar-refractivity contribution is -0.0922. The molecular weight excluding hydrogens is 236 g/mol. The van der Waals surface area contributed by atoms with Gasteiger partial charge in [0, 0.05) is 6.61 Å². The van der Waals surface area contributed by atoms with Crippen LogP contribution in [0.4, 0.5) is 0 Å². The molecule has 1 rings (SSSR count). The Morgan fingerprint density at radius 1 is 1.16 bits per heavy atom. The van der Waals surface area contributed by atoms with Gasteiger partial charge in [0.2, 0.25) is 0 Å². The molecule has 0 amide bonds. The van der Waals surface area contributed by atoms with Crippen LogP contribution in [0.15, 0.2) is 0 Å². The molecule has 3 heteroatoms. The van der Waals surface area contributed by atoms with E-state index in [1.54, 1.807) is 0 Å². The van der Waals surface area contributed by atoms with Crippen molar-refractivity contribution < 1.29 is 4.74 Å². The zero-order valence-corrected chi connectivity index (χ0v) is 13.5. The van der Waals surface area contributed by atoms with Crippen LogP contribution in [0.3, 0.4) is 0 Å². The Labute approximate surface area is 119 Å². The quantitative estimate of drug-likeness (QED) is 0.550. The molecule has 4 unspecified atom stereocenters. The van der Waals surface area contributed by atoms with Crippen LogP contribution in [0.5, 0.6) is 0 Å². The van der Waals surface area contributed by atoms with Crippen LogP contribution < -0.4 is 11.3 Å². The van der Waals surface area contributed by atoms with Gasteiger partial charge in [-0.15, -0.1) is 0 Å². The Morgan fingerprint density at radius 3 is 2.21 bits per heavy atom. The summed E-state index contributed by atoms with van der Waals surface area (Å²) in [6.07, 6.45) is 5.90. The molecular formula is C16H34N2O. The predicted molar refractivity (Wildman–Crippen MR) is 81.7 cm³/mol. The predicted octanol–water partition coefficient (Wildman–Crippen LogP) is 3.49. The van der Waals surface area contributed by atoms with E-state index in [0.29, 0.717) is 5.92 Å². The highest BCUT2D eigenvalue weighted by Crippen LogP contribution is 2.40. The second-order valence-electron chi connectivity index (χ2n) is 6.38. The molecule has 0 radical (unpaired) electrons. The largest absolute Gasteiger partial charge is 0.374 e. The minimum atomic E-state index is -0.103. The van der Waals surface area contributed by atoms with Crippen molar-refractivity contribution in [2.75, 3.05) is 6.61 Å². The van der Waals surface area contributed by atoms with Crippen LogP contribution in [0.2, 0.25) is 0 Å². The number of nitrogens with one attached hydrogen (secondary N) is 1. The number of rotatable bonds is 7. The third-order valence-corrected chi connectivity index (χ3v) is 5.49. The zero-order valence-electron chi connectivity index (χ0n) is 13.5. The number of hydrogen-bond acceptors (Lipinski definition) is 3. The van der Waals surface area contributed by atoms with Gasteiger partial charge in [-0.25, -0.2) is 0 Å². The fourth-order valence-electron chi connectivity index (χ4n) is 3.88. The number of hydrazine groups is 1. The lowest BCUT2D eigenvalue weighted by Gasteiger charge is -2.46. The molecule has 114 valence electrons. The highest BCUT2D eigenvalue weighted by Gasteiger charge is 2.42. The highest BCUT2D eigenvalue weighted by atomic mass is 16.5. The van der Waals surface area contributed by atoms with Crippen LogP contribution in [-0.2, 0) is 4.74 Å². The SMILES string of the molecule is CCOC(CC)(CC)C(NN)C1CCC(C)C(C)C1. The van der Waals surface area contributed by atoms with Crippen molar-refractivity contribution in [3.63, 3.8) is 0 Å². The van der Waals surface area contributed by atoms with Crippen molar-refractivity contribution in [3.8, 4) is 0 Å². The first-order valence-corrected chi connectivity index (χ1v) is 8.14. The van der Waals surface area contributed by atoms with Gasteiger partial charge in [0.1, 0.15) is 0 Å². The van der Waals surface area contributed by atoms with E-state index in [9.17, 15) is 0 Å². The molecule has 0 aromatic rings. The van der Waals surface area contributed by atoms with E-state index >= 15 is 0 Å². The van der Waals surface area contributed by atoms with Gasteiger partial charge < -0.3 is 4.74 Å². The molecule has 0 heterocycles. The number of nitrogens with two attached hydrogens (primary N) is 1. The summed E-state index contributed by atoms with van der Waals surface area (Å²) in [5, 5.41) is 0. The molecule has 0 bridgehead atoms. The first-order valence-electron chi connectivity index (χ1n) is 8.14. The van der Waals surface area contributed by atoms with Crippen LogP contribution in [0.25, 0.3) is 0 Å². The maximum atomic E-state index is 6.15. The summed E-state index contributed by atoms with van der Waals surface area (Å²) in [6.45, 7) is 12.0. The monoisotopic (exact) mass is 270 g/mol. The van der Waals surface area contributed by atoms with Gasteiger partial charge in [0.05, 0.1) is 11.6 Å². The molecule has 1 saturated carbocycles. The minimum absolute atomic E-state index is 0.103. The van der Waals surface area contributed by atoms with E-state index in [2.05, 4.69) is 40.0 Å². The molecule has 0 aromatic heterocycles. The Bertz CT molecular complexity index is 253. The van der Waals surface area contributed by atoms with E-state index in [0.717, 1.165) is 31.3 Å². The van der Waals surface area contributed by atoms with Crippen molar-refractivity contribution in [2.24, 2.45) is 23.6 Å². The van der Waals surface area contributed by atoms with Crippen molar-refractivity contribution in [1.29, 1.82) is 0 Å². The van der Waals surface area contributed by atoms with E-state index in [1.807, 2.05) is 0 Å². The Morgan fingerprint density at radius 2 is 1.79 bits per heavy atom. The van der Waals surface area contributed by atoms with Crippen LogP contribution in [-0.4, -0.2) is 18.2 Å². The highest BCUT2D eigenvalue weighted by molar-refractivity contribution is 4.96. The second-order valence-corrected chi connectivity index (χ2v) is 6.38. The van der Waals surface area contributed by atoms with Gasteiger partial charge in [0.15, 0.2) is 0 Å². The van der Waals surface area contributed by atoms with Crippen LogP contribution in [0.1, 0.15) is 66.7 Å². The maximum absolute atomic E-state index is 6.15. The van der Waals surface area contributed by atoms with E-state index in [-0.39, 0.29) is 11.6 Å². The van der Waals surface area contributed by atoms with Gasteiger partial charge in [-0.2, -0.15) is 0 Å². The van der Waals surface area contributed by atoms with Crippen molar-refractivity contribution in [1.82, 2.24) is 5.43 Å². The summed E-state index contributed by atoms with van der Waals surface area (Å²) in [5.74, 6) is 8.20. The molecule has 0 spiro atoms. The fraction of sp³-hybridized carbons (Fsp3) is 1.00. The molecule has 1 aliphatic carbocycles. The Kier molecular flexibility index (Phi) is 6.78. The summed E-state index contributed by atoms with van der Waals surface area (Å²) in [6, 6.07) is 0.275. The molecule has 4 atom stereocenters. The normalized spacial score (nSPS) is 30.3. The van der Waals surface area contributed by atoms with E-state index in [1.165, 1.54) is 19.3 Å². The van der Waals surface area contributed by atoms with Crippen LogP contribution in [0, 0.1) is 17.8 Å². The number of ether oxygens (including phenoxy) is 1. The van der Waals surface area contributed by atoms with Crippen LogP contribution >= 0.6 is 0 Å². The van der Waals surface area contributed by atoms with Gasteiger partial charge in [0.25, 0.3) is 0 Å². The molecule has 1 aliphatic rings. The molecule has 3 N–H and O–H groups in total. The molecule has 1 fully saturated rings. The summed E-state index contributed by atoms with van der Waals surface area (Å²) in [4.78, 5) is 0. The fourth-order valence-corrected chi connectivity index (χ4v) is 3.88. The molecule has 0 saturated heterocycles. The Balaban J connectivity index is 2.85. The number of hydrogen-bond donors (Lipinski definition) is 2. The molecule has 19 heavy (non-hydrogen) atoms. The van der Waals surface area contributed by atoms with Gasteiger partial charge in [-0.3, -0.25) is 11.3 Å². The zero-order chi connectivity index (χ0) is 14.5. The van der Waals surface area contributed by atoms with Gasteiger partial charge in [-0.05, 0) is 50.4 Å². The average Bonchev–Trinajstić information content (AvgIpc) is 2.42. The standard InChI is InChI=1S/C16H34N2O/c1-6-16(7-2,19-8-3)15(18-17)14-10-9-12(4)13(5)11-14/h12-15,18H,6-11,17H2,1-5H3. The first-order chi connectivity index (χ1) is 9.04. The van der Waals surface area contributed by atoms with E-state index < -0.39 is 0 Å². The maximum Gasteiger partial charge on any atom is 0.0845 e. The summed E-state index contributed by atoms with van der Waals surface area (Å²) < 4.78 is 6.15. The average molecular weight is 270 g/mol. The topological polar surface area (TPSA) is 47.3 Å². The lowest BCUT2D eigenvalue weighted by atomic mass is 9.69. The third kappa shape index (κ3) is 3.71. The van der Waals surface area contributed by atoms with Crippen molar-refractivity contribution in [2.45, 2.75) is 78.4 Å². The Hall–Kier alpha value is -0.120. The smallest absolute Gasteiger partial charge is 0.0845 e. The molecule has 0 aromatic carbocycles. The molecule has 3 nitrogen and oxygen atoms in total. The second kappa shape index (κ2) is 7.61. The first kappa shape index (κ1) is 16.9. The van der Waals surface area contributed by atoms with E-state index in [4.69, 9.17) is 10.6 Å². The van der Waals surface area contributed by atoms with Gasteiger partial charge in [-0.1, -0.05) is 34.1 Å². The minimum Gasteiger partial charge on any atom is -0.374 e. The third-order valence-electron chi connectivity index (χ3n) is 5.49. The van der Waals surface area contributed by atoms with Gasteiger partial charge >= 0.3 is 0 Å². The molecule has 0 aliphatic heterocycles. The summed E-state index contributed by atoms with van der Waals surface area (Å²) in [7, 11) is 0. The summed E-state index contributed by atoms with van der Waals surface area (Å²) >= 11 is 0. The van der Waals surface area contributed by atoms with Crippen molar-refractivity contribution >= 4 is 0 Å². The lowest BCUT2D eigenvalue weighted by Crippen LogP contribution is -2.59. The van der Waals surface area contributed by atoms with Crippen molar-refractivity contribution in [3.05, 3.63) is 0 Å². The summed E-state index contributed by atoms with van der Waals surface area (Å²) in [5.41, 5.74) is 3.01.